The van der Waals surface area contributed by atoms with Crippen molar-refractivity contribution in [3.8, 4) is 17.1 Å². The number of hydrogen-bond acceptors (Lipinski definition) is 4. The Balaban J connectivity index is 2.37. The highest BCUT2D eigenvalue weighted by molar-refractivity contribution is 9.10. The molecular formula is C15H18BrN3O. The minimum Gasteiger partial charge on any atom is -0.493 e. The van der Waals surface area contributed by atoms with Gasteiger partial charge in [-0.05, 0) is 41.4 Å². The van der Waals surface area contributed by atoms with Crippen molar-refractivity contribution < 1.29 is 4.74 Å². The van der Waals surface area contributed by atoms with E-state index in [9.17, 15) is 0 Å². The Labute approximate surface area is 127 Å². The molecule has 1 N–H and O–H groups in total. The second-order valence-corrected chi connectivity index (χ2v) is 5.10. The average molecular weight is 336 g/mol. The summed E-state index contributed by atoms with van der Waals surface area (Å²) in [5, 5.41) is 3.29. The van der Waals surface area contributed by atoms with Crippen molar-refractivity contribution in [1.29, 1.82) is 0 Å². The molecule has 0 bridgehead atoms. The maximum Gasteiger partial charge on any atom is 0.165 e. The largest absolute Gasteiger partial charge is 0.493 e. The molecule has 0 spiro atoms. The number of anilines is 1. The number of para-hydroxylation sites is 1. The van der Waals surface area contributed by atoms with Gasteiger partial charge in [0.15, 0.2) is 5.82 Å². The van der Waals surface area contributed by atoms with Crippen LogP contribution in [0.25, 0.3) is 11.4 Å². The van der Waals surface area contributed by atoms with Crippen LogP contribution >= 0.6 is 15.9 Å². The fourth-order valence-electron chi connectivity index (χ4n) is 1.80. The van der Waals surface area contributed by atoms with Crippen molar-refractivity contribution in [2.75, 3.05) is 18.5 Å². The second-order valence-electron chi connectivity index (χ2n) is 4.25. The lowest BCUT2D eigenvalue weighted by Crippen LogP contribution is -2.05. The fraction of sp³-hybridized carbons (Fsp3) is 0.333. The maximum atomic E-state index is 5.63. The average Bonchev–Trinajstić information content (AvgIpc) is 2.47. The highest BCUT2D eigenvalue weighted by Gasteiger charge is 2.11. The van der Waals surface area contributed by atoms with E-state index in [0.717, 1.165) is 34.6 Å². The molecule has 1 aromatic carbocycles. The van der Waals surface area contributed by atoms with E-state index in [4.69, 9.17) is 4.74 Å². The summed E-state index contributed by atoms with van der Waals surface area (Å²) in [4.78, 5) is 8.96. The van der Waals surface area contributed by atoms with Gasteiger partial charge in [0.1, 0.15) is 11.6 Å². The molecule has 2 aromatic rings. The summed E-state index contributed by atoms with van der Waals surface area (Å²) in [6.07, 6.45) is 2.81. The lowest BCUT2D eigenvalue weighted by atomic mass is 10.2. The summed E-state index contributed by atoms with van der Waals surface area (Å²) in [5.41, 5.74) is 0.904. The van der Waals surface area contributed by atoms with Crippen LogP contribution in [0.4, 0.5) is 5.82 Å². The summed E-state index contributed by atoms with van der Waals surface area (Å²) in [6.45, 7) is 5.58. The van der Waals surface area contributed by atoms with E-state index < -0.39 is 0 Å². The Morgan fingerprint density at radius 2 is 2.05 bits per heavy atom. The summed E-state index contributed by atoms with van der Waals surface area (Å²) in [6, 6.07) is 7.81. The van der Waals surface area contributed by atoms with Crippen LogP contribution < -0.4 is 10.1 Å². The molecule has 5 heteroatoms. The molecule has 0 fully saturated rings. The Morgan fingerprint density at radius 1 is 1.25 bits per heavy atom. The molecule has 0 aliphatic heterocycles. The van der Waals surface area contributed by atoms with Crippen LogP contribution in [0.15, 0.2) is 34.9 Å². The highest BCUT2D eigenvalue weighted by Crippen LogP contribution is 2.29. The third-order valence-electron chi connectivity index (χ3n) is 2.71. The molecule has 0 saturated carbocycles. The number of ether oxygens (including phenoxy) is 1. The monoisotopic (exact) mass is 335 g/mol. The van der Waals surface area contributed by atoms with Gasteiger partial charge in [-0.25, -0.2) is 9.97 Å². The van der Waals surface area contributed by atoms with Gasteiger partial charge >= 0.3 is 0 Å². The molecule has 0 aliphatic rings. The van der Waals surface area contributed by atoms with E-state index in [1.807, 2.05) is 31.2 Å². The molecule has 1 heterocycles. The summed E-state index contributed by atoms with van der Waals surface area (Å²) in [5.74, 6) is 2.28. The van der Waals surface area contributed by atoms with E-state index in [0.29, 0.717) is 12.4 Å². The third-order valence-corrected chi connectivity index (χ3v) is 3.29. The summed E-state index contributed by atoms with van der Waals surface area (Å²) < 4.78 is 6.49. The van der Waals surface area contributed by atoms with Crippen LogP contribution in [-0.4, -0.2) is 23.1 Å². The van der Waals surface area contributed by atoms with Crippen molar-refractivity contribution in [2.45, 2.75) is 20.3 Å². The first-order valence-corrected chi connectivity index (χ1v) is 7.54. The molecule has 20 heavy (non-hydrogen) atoms. The first-order valence-electron chi connectivity index (χ1n) is 6.74. The van der Waals surface area contributed by atoms with Gasteiger partial charge in [-0.15, -0.1) is 0 Å². The van der Waals surface area contributed by atoms with Crippen molar-refractivity contribution in [2.24, 2.45) is 0 Å². The Kier molecular flexibility index (Phi) is 5.35. The number of aromatic nitrogens is 2. The van der Waals surface area contributed by atoms with Gasteiger partial charge in [-0.2, -0.15) is 0 Å². The zero-order valence-electron chi connectivity index (χ0n) is 11.7. The summed E-state index contributed by atoms with van der Waals surface area (Å²) in [7, 11) is 0. The first kappa shape index (κ1) is 14.8. The minimum absolute atomic E-state index is 0.620. The number of hydrogen-bond donors (Lipinski definition) is 1. The second kappa shape index (κ2) is 7.24. The van der Waals surface area contributed by atoms with E-state index in [1.165, 1.54) is 0 Å². The molecule has 0 saturated heterocycles. The van der Waals surface area contributed by atoms with Crippen molar-refractivity contribution in [3.63, 3.8) is 0 Å². The minimum atomic E-state index is 0.620. The fourth-order valence-corrected chi connectivity index (χ4v) is 2.13. The van der Waals surface area contributed by atoms with Crippen molar-refractivity contribution in [3.05, 3.63) is 34.9 Å². The normalized spacial score (nSPS) is 10.3. The van der Waals surface area contributed by atoms with E-state index in [1.54, 1.807) is 6.20 Å². The van der Waals surface area contributed by atoms with Gasteiger partial charge in [-0.3, -0.25) is 0 Å². The van der Waals surface area contributed by atoms with Crippen LogP contribution in [0.5, 0.6) is 5.75 Å². The molecule has 0 aliphatic carbocycles. The predicted molar refractivity (Wildman–Crippen MR) is 85.1 cm³/mol. The Hall–Kier alpha value is -1.62. The number of nitrogens with zero attached hydrogens (tertiary/aromatic N) is 2. The van der Waals surface area contributed by atoms with Gasteiger partial charge in [0.25, 0.3) is 0 Å². The number of halogens is 1. The zero-order chi connectivity index (χ0) is 14.4. The van der Waals surface area contributed by atoms with E-state index in [-0.39, 0.29) is 0 Å². The number of benzene rings is 1. The molecule has 0 atom stereocenters. The lowest BCUT2D eigenvalue weighted by Gasteiger charge is -2.11. The van der Waals surface area contributed by atoms with Crippen molar-refractivity contribution in [1.82, 2.24) is 9.97 Å². The van der Waals surface area contributed by atoms with Crippen LogP contribution in [0, 0.1) is 0 Å². The van der Waals surface area contributed by atoms with E-state index >= 15 is 0 Å². The number of nitrogens with one attached hydrogen (secondary N) is 1. The predicted octanol–water partition coefficient (Wildman–Crippen LogP) is 4.13. The molecule has 1 aromatic heterocycles. The van der Waals surface area contributed by atoms with Crippen LogP contribution in [0.3, 0.4) is 0 Å². The lowest BCUT2D eigenvalue weighted by molar-refractivity contribution is 0.341. The van der Waals surface area contributed by atoms with Gasteiger partial charge in [0.2, 0.25) is 0 Å². The van der Waals surface area contributed by atoms with Crippen LogP contribution in [-0.2, 0) is 0 Å². The standard InChI is InChI=1S/C15H18BrN3O/c1-3-9-17-15-12(16)10-18-14(19-15)11-7-5-6-8-13(11)20-4-2/h5-8,10H,3-4,9H2,1-2H3,(H,17,18,19). The third kappa shape index (κ3) is 3.48. The molecule has 4 nitrogen and oxygen atoms in total. The smallest absolute Gasteiger partial charge is 0.165 e. The molecule has 0 radical (unpaired) electrons. The Bertz CT molecular complexity index is 575. The molecule has 106 valence electrons. The molecule has 0 unspecified atom stereocenters. The van der Waals surface area contributed by atoms with Crippen molar-refractivity contribution >= 4 is 21.7 Å². The topological polar surface area (TPSA) is 47.0 Å². The van der Waals surface area contributed by atoms with Crippen LogP contribution in [0.2, 0.25) is 0 Å². The molecular weight excluding hydrogens is 318 g/mol. The van der Waals surface area contributed by atoms with Crippen LogP contribution in [0.1, 0.15) is 20.3 Å². The van der Waals surface area contributed by atoms with Gasteiger partial charge in [0, 0.05) is 12.7 Å². The molecule has 0 amide bonds. The molecule has 2 rings (SSSR count). The van der Waals surface area contributed by atoms with E-state index in [2.05, 4.69) is 38.1 Å². The first-order chi connectivity index (χ1) is 9.76. The zero-order valence-corrected chi connectivity index (χ0v) is 13.3. The van der Waals surface area contributed by atoms with Gasteiger partial charge in [-0.1, -0.05) is 19.1 Å². The van der Waals surface area contributed by atoms with Gasteiger partial charge in [0.05, 0.1) is 16.6 Å². The quantitative estimate of drug-likeness (QED) is 0.862. The number of rotatable bonds is 6. The summed E-state index contributed by atoms with van der Waals surface area (Å²) >= 11 is 3.46. The highest BCUT2D eigenvalue weighted by atomic mass is 79.9. The van der Waals surface area contributed by atoms with Gasteiger partial charge < -0.3 is 10.1 Å². The Morgan fingerprint density at radius 3 is 2.80 bits per heavy atom. The maximum absolute atomic E-state index is 5.63. The SMILES string of the molecule is CCCNc1nc(-c2ccccc2OCC)ncc1Br.